The van der Waals surface area contributed by atoms with Gasteiger partial charge in [-0.1, -0.05) is 64.0 Å². The molecule has 0 unspecified atom stereocenters. The summed E-state index contributed by atoms with van der Waals surface area (Å²) in [6.45, 7) is 2.28. The highest BCUT2D eigenvalue weighted by Gasteiger charge is 2.25. The highest BCUT2D eigenvalue weighted by atomic mass is 79.9. The first-order valence-corrected chi connectivity index (χ1v) is 10.1. The first kappa shape index (κ1) is 17.7. The van der Waals surface area contributed by atoms with Gasteiger partial charge in [0.15, 0.2) is 0 Å². The lowest BCUT2D eigenvalue weighted by atomic mass is 10.1. The van der Waals surface area contributed by atoms with E-state index < -0.39 is 10.0 Å². The van der Waals surface area contributed by atoms with Crippen molar-refractivity contribution < 1.29 is 8.42 Å². The minimum Gasteiger partial charge on any atom is -0.262 e. The maximum Gasteiger partial charge on any atom is 0.264 e. The van der Waals surface area contributed by atoms with Crippen LogP contribution in [-0.2, 0) is 16.6 Å². The fourth-order valence-electron chi connectivity index (χ4n) is 2.62. The molecule has 0 spiro atoms. The average Bonchev–Trinajstić information content (AvgIpc) is 2.61. The summed E-state index contributed by atoms with van der Waals surface area (Å²) in [7, 11) is -3.66. The standard InChI is InChI=1S/C20H18BrNO2S/c1-16-6-5-7-17(14-16)15-22(19-12-10-18(21)11-13-19)25(23,24)20-8-3-2-4-9-20/h2-14H,15H2,1H3. The van der Waals surface area contributed by atoms with Crippen LogP contribution in [0.1, 0.15) is 11.1 Å². The minimum absolute atomic E-state index is 0.278. The Balaban J connectivity index is 2.07. The molecule has 0 aliphatic heterocycles. The number of anilines is 1. The quantitative estimate of drug-likeness (QED) is 0.577. The lowest BCUT2D eigenvalue weighted by Crippen LogP contribution is -2.30. The second-order valence-corrected chi connectivity index (χ2v) is 8.57. The van der Waals surface area contributed by atoms with E-state index in [0.29, 0.717) is 5.69 Å². The molecule has 0 fully saturated rings. The summed E-state index contributed by atoms with van der Waals surface area (Å²) in [6, 6.07) is 23.7. The van der Waals surface area contributed by atoms with Gasteiger partial charge in [0.1, 0.15) is 0 Å². The van der Waals surface area contributed by atoms with E-state index in [1.807, 2.05) is 49.4 Å². The zero-order valence-electron chi connectivity index (χ0n) is 13.8. The molecule has 128 valence electrons. The Morgan fingerprint density at radius 3 is 2.20 bits per heavy atom. The predicted octanol–water partition coefficient (Wildman–Crippen LogP) is 5.15. The maximum atomic E-state index is 13.2. The summed E-state index contributed by atoms with van der Waals surface area (Å²) in [5, 5.41) is 0. The van der Waals surface area contributed by atoms with Crippen molar-refractivity contribution in [1.29, 1.82) is 0 Å². The minimum atomic E-state index is -3.66. The van der Waals surface area contributed by atoms with Crippen LogP contribution < -0.4 is 4.31 Å². The number of nitrogens with zero attached hydrogens (tertiary/aromatic N) is 1. The molecule has 0 atom stereocenters. The van der Waals surface area contributed by atoms with Crippen molar-refractivity contribution in [1.82, 2.24) is 0 Å². The van der Waals surface area contributed by atoms with Gasteiger partial charge in [-0.3, -0.25) is 4.31 Å². The Labute approximate surface area is 157 Å². The molecule has 0 saturated carbocycles. The third kappa shape index (κ3) is 4.11. The number of hydrogen-bond donors (Lipinski definition) is 0. The largest absolute Gasteiger partial charge is 0.264 e. The molecule has 25 heavy (non-hydrogen) atoms. The first-order chi connectivity index (χ1) is 12.0. The summed E-state index contributed by atoms with van der Waals surface area (Å²) < 4.78 is 28.8. The zero-order valence-corrected chi connectivity index (χ0v) is 16.2. The monoisotopic (exact) mass is 415 g/mol. The molecule has 0 aliphatic rings. The second kappa shape index (κ2) is 7.42. The molecule has 3 nitrogen and oxygen atoms in total. The van der Waals surface area contributed by atoms with Crippen molar-refractivity contribution in [2.24, 2.45) is 0 Å². The van der Waals surface area contributed by atoms with Crippen LogP contribution in [0.2, 0.25) is 0 Å². The second-order valence-electron chi connectivity index (χ2n) is 5.79. The third-order valence-corrected chi connectivity index (χ3v) is 6.17. The van der Waals surface area contributed by atoms with Crippen LogP contribution in [0, 0.1) is 6.92 Å². The summed E-state index contributed by atoms with van der Waals surface area (Å²) in [4.78, 5) is 0.283. The van der Waals surface area contributed by atoms with Gasteiger partial charge in [0, 0.05) is 4.47 Å². The van der Waals surface area contributed by atoms with Gasteiger partial charge in [0.05, 0.1) is 17.1 Å². The fraction of sp³-hybridized carbons (Fsp3) is 0.100. The Hall–Kier alpha value is -2.11. The number of benzene rings is 3. The van der Waals surface area contributed by atoms with Gasteiger partial charge in [-0.2, -0.15) is 0 Å². The molecule has 3 aromatic rings. The Morgan fingerprint density at radius 1 is 0.880 bits per heavy atom. The van der Waals surface area contributed by atoms with Crippen LogP contribution in [0.15, 0.2) is 88.2 Å². The highest BCUT2D eigenvalue weighted by molar-refractivity contribution is 9.10. The van der Waals surface area contributed by atoms with E-state index in [9.17, 15) is 8.42 Å². The molecule has 5 heteroatoms. The van der Waals surface area contributed by atoms with Crippen LogP contribution in [0.4, 0.5) is 5.69 Å². The molecule has 0 radical (unpaired) electrons. The van der Waals surface area contributed by atoms with Gasteiger partial charge in [0.2, 0.25) is 0 Å². The number of rotatable bonds is 5. The average molecular weight is 416 g/mol. The maximum absolute atomic E-state index is 13.2. The van der Waals surface area contributed by atoms with Gasteiger partial charge in [0.25, 0.3) is 10.0 Å². The first-order valence-electron chi connectivity index (χ1n) is 7.86. The number of sulfonamides is 1. The van der Waals surface area contributed by atoms with Gasteiger partial charge in [-0.15, -0.1) is 0 Å². The van der Waals surface area contributed by atoms with E-state index >= 15 is 0 Å². The smallest absolute Gasteiger partial charge is 0.262 e. The van der Waals surface area contributed by atoms with Crippen LogP contribution in [-0.4, -0.2) is 8.42 Å². The van der Waals surface area contributed by atoms with Gasteiger partial charge in [-0.25, -0.2) is 8.42 Å². The van der Waals surface area contributed by atoms with Crippen molar-refractivity contribution in [3.05, 3.63) is 94.5 Å². The molecule has 0 amide bonds. The van der Waals surface area contributed by atoms with Crippen molar-refractivity contribution >= 4 is 31.6 Å². The molecule has 0 aromatic heterocycles. The van der Waals surface area contributed by atoms with Crippen LogP contribution >= 0.6 is 15.9 Å². The molecule has 0 heterocycles. The summed E-state index contributed by atoms with van der Waals surface area (Å²) >= 11 is 3.40. The van der Waals surface area contributed by atoms with Crippen molar-refractivity contribution in [2.45, 2.75) is 18.4 Å². The lowest BCUT2D eigenvalue weighted by Gasteiger charge is -2.25. The van der Waals surface area contributed by atoms with Crippen molar-refractivity contribution in [2.75, 3.05) is 4.31 Å². The predicted molar refractivity (Wildman–Crippen MR) is 105 cm³/mol. The third-order valence-electron chi connectivity index (χ3n) is 3.85. The SMILES string of the molecule is Cc1cccc(CN(c2ccc(Br)cc2)S(=O)(=O)c2ccccc2)c1. The van der Waals surface area contributed by atoms with E-state index in [1.54, 1.807) is 36.4 Å². The molecule has 0 saturated heterocycles. The van der Waals surface area contributed by atoms with Gasteiger partial charge < -0.3 is 0 Å². The molecule has 3 aromatic carbocycles. The highest BCUT2D eigenvalue weighted by Crippen LogP contribution is 2.27. The zero-order chi connectivity index (χ0) is 17.9. The molecule has 3 rings (SSSR count). The van der Waals surface area contributed by atoms with Crippen LogP contribution in [0.3, 0.4) is 0 Å². The van der Waals surface area contributed by atoms with E-state index in [2.05, 4.69) is 15.9 Å². The normalized spacial score (nSPS) is 11.3. The lowest BCUT2D eigenvalue weighted by molar-refractivity contribution is 0.590. The Kier molecular flexibility index (Phi) is 5.25. The molecular weight excluding hydrogens is 398 g/mol. The Morgan fingerprint density at radius 2 is 1.56 bits per heavy atom. The van der Waals surface area contributed by atoms with E-state index in [0.717, 1.165) is 15.6 Å². The summed E-state index contributed by atoms with van der Waals surface area (Å²) in [5.41, 5.74) is 2.68. The summed E-state index contributed by atoms with van der Waals surface area (Å²) in [5.74, 6) is 0. The molecular formula is C20H18BrNO2S. The summed E-state index contributed by atoms with van der Waals surface area (Å²) in [6.07, 6.45) is 0. The van der Waals surface area contributed by atoms with Crippen molar-refractivity contribution in [3.63, 3.8) is 0 Å². The van der Waals surface area contributed by atoms with Crippen LogP contribution in [0.5, 0.6) is 0 Å². The number of hydrogen-bond acceptors (Lipinski definition) is 2. The van der Waals surface area contributed by atoms with E-state index in [1.165, 1.54) is 4.31 Å². The van der Waals surface area contributed by atoms with Gasteiger partial charge in [-0.05, 0) is 48.9 Å². The molecule has 0 bridgehead atoms. The van der Waals surface area contributed by atoms with E-state index in [-0.39, 0.29) is 11.4 Å². The number of aryl methyl sites for hydroxylation is 1. The topological polar surface area (TPSA) is 37.4 Å². The number of halogens is 1. The van der Waals surface area contributed by atoms with Crippen molar-refractivity contribution in [3.8, 4) is 0 Å². The van der Waals surface area contributed by atoms with Gasteiger partial charge >= 0.3 is 0 Å². The van der Waals surface area contributed by atoms with E-state index in [4.69, 9.17) is 0 Å². The Bertz CT molecular complexity index is 955. The molecule has 0 aliphatic carbocycles. The molecule has 0 N–H and O–H groups in total. The van der Waals surface area contributed by atoms with Crippen LogP contribution in [0.25, 0.3) is 0 Å². The fourth-order valence-corrected chi connectivity index (χ4v) is 4.36.